The summed E-state index contributed by atoms with van der Waals surface area (Å²) in [5, 5.41) is 5.90. The van der Waals surface area contributed by atoms with Crippen molar-refractivity contribution in [3.05, 3.63) is 47.5 Å². The number of urea groups is 1. The van der Waals surface area contributed by atoms with Gasteiger partial charge in [0.15, 0.2) is 11.4 Å². The van der Waals surface area contributed by atoms with E-state index in [1.807, 2.05) is 18.7 Å². The molecule has 4 rings (SSSR count). The fourth-order valence-electron chi connectivity index (χ4n) is 3.71. The van der Waals surface area contributed by atoms with Crippen LogP contribution >= 0.6 is 0 Å². The zero-order valence-corrected chi connectivity index (χ0v) is 18.1. The molecular weight excluding hydrogens is 420 g/mol. The molecule has 2 N–H and O–H groups in total. The predicted octanol–water partition coefficient (Wildman–Crippen LogP) is 4.66. The van der Waals surface area contributed by atoms with Gasteiger partial charge in [-0.3, -0.25) is 0 Å². The van der Waals surface area contributed by atoms with Crippen LogP contribution in [0.4, 0.5) is 25.2 Å². The minimum Gasteiger partial charge on any atom is -0.455 e. The van der Waals surface area contributed by atoms with E-state index in [-0.39, 0.29) is 14.4 Å². The van der Waals surface area contributed by atoms with Gasteiger partial charge in [-0.05, 0) is 18.9 Å². The maximum absolute atomic E-state index is 14.2. The van der Waals surface area contributed by atoms with Crippen LogP contribution in [0.15, 0.2) is 28.9 Å². The maximum atomic E-state index is 14.2. The Morgan fingerprint density at radius 1 is 1.19 bits per heavy atom. The molecule has 0 radical (unpaired) electrons. The number of aromatic nitrogens is 2. The second-order valence-corrected chi connectivity index (χ2v) is 8.05. The molecule has 1 fully saturated rings. The molecule has 0 saturated carbocycles. The first-order valence-corrected chi connectivity index (χ1v) is 10.4. The van der Waals surface area contributed by atoms with Gasteiger partial charge in [0.25, 0.3) is 0 Å². The molecule has 32 heavy (non-hydrogen) atoms. The standard InChI is InChI=1S/C22H25F2N5O3.2H2/c1-12(2)18(19-13(3)16-8-14(23)9-17(24)20(16)32-19)28-22(30)27-15-10-25-21(26-11-15)29-4-6-31-7-5-29;;/h8-12,18H,4-7H2,1-3H3,(H2,27,28,30);2*1H/t18-;;/m1../s1. The van der Waals surface area contributed by atoms with Crippen molar-refractivity contribution in [3.8, 4) is 0 Å². The van der Waals surface area contributed by atoms with E-state index in [0.717, 1.165) is 6.07 Å². The predicted molar refractivity (Wildman–Crippen MR) is 120 cm³/mol. The number of hydrogen-bond donors (Lipinski definition) is 2. The number of rotatable bonds is 5. The van der Waals surface area contributed by atoms with Crippen LogP contribution in [0.25, 0.3) is 11.0 Å². The molecule has 8 nitrogen and oxygen atoms in total. The molecule has 3 aromatic rings. The zero-order chi connectivity index (χ0) is 22.8. The van der Waals surface area contributed by atoms with Crippen molar-refractivity contribution < 1.29 is 25.6 Å². The number of anilines is 2. The van der Waals surface area contributed by atoms with Crippen molar-refractivity contribution in [2.24, 2.45) is 5.92 Å². The third kappa shape index (κ3) is 4.50. The number of morpholine rings is 1. The molecule has 2 amide bonds. The molecule has 1 aromatic carbocycles. The Morgan fingerprint density at radius 3 is 2.53 bits per heavy atom. The van der Waals surface area contributed by atoms with Crippen molar-refractivity contribution in [1.82, 2.24) is 15.3 Å². The van der Waals surface area contributed by atoms with Gasteiger partial charge < -0.3 is 24.7 Å². The van der Waals surface area contributed by atoms with Gasteiger partial charge in [0.1, 0.15) is 11.6 Å². The monoisotopic (exact) mass is 449 g/mol. The van der Waals surface area contributed by atoms with Crippen molar-refractivity contribution in [3.63, 3.8) is 0 Å². The van der Waals surface area contributed by atoms with Gasteiger partial charge in [0, 0.05) is 33.0 Å². The second-order valence-electron chi connectivity index (χ2n) is 8.05. The van der Waals surface area contributed by atoms with E-state index in [2.05, 4.69) is 20.6 Å². The Bertz CT molecular complexity index is 1120. The van der Waals surface area contributed by atoms with Gasteiger partial charge in [0.2, 0.25) is 5.95 Å². The summed E-state index contributed by atoms with van der Waals surface area (Å²) in [5.41, 5.74) is 0.978. The van der Waals surface area contributed by atoms with Crippen LogP contribution in [0.5, 0.6) is 0 Å². The molecule has 2 aromatic heterocycles. The Balaban J connectivity index is 0.00000204. The molecular formula is C22H29F2N5O3. The van der Waals surface area contributed by atoms with Gasteiger partial charge in [-0.15, -0.1) is 0 Å². The van der Waals surface area contributed by atoms with Gasteiger partial charge in [-0.1, -0.05) is 13.8 Å². The summed E-state index contributed by atoms with van der Waals surface area (Å²) in [5.74, 6) is -0.579. The number of amides is 2. The van der Waals surface area contributed by atoms with Crippen molar-refractivity contribution in [2.45, 2.75) is 26.8 Å². The molecule has 10 heteroatoms. The molecule has 1 aliphatic heterocycles. The first-order chi connectivity index (χ1) is 15.3. The molecule has 0 unspecified atom stereocenters. The molecule has 174 valence electrons. The summed E-state index contributed by atoms with van der Waals surface area (Å²) >= 11 is 0. The summed E-state index contributed by atoms with van der Waals surface area (Å²) < 4.78 is 38.9. The fourth-order valence-corrected chi connectivity index (χ4v) is 3.71. The number of nitrogens with one attached hydrogen (secondary N) is 2. The third-order valence-corrected chi connectivity index (χ3v) is 5.42. The highest BCUT2D eigenvalue weighted by atomic mass is 19.1. The summed E-state index contributed by atoms with van der Waals surface area (Å²) in [6.45, 7) is 8.19. The average Bonchev–Trinajstić information content (AvgIpc) is 3.09. The smallest absolute Gasteiger partial charge is 0.319 e. The summed E-state index contributed by atoms with van der Waals surface area (Å²) in [4.78, 5) is 23.3. The molecule has 1 atom stereocenters. The lowest BCUT2D eigenvalue weighted by atomic mass is 9.98. The third-order valence-electron chi connectivity index (χ3n) is 5.42. The lowest BCUT2D eigenvalue weighted by molar-refractivity contribution is 0.122. The molecule has 0 spiro atoms. The van der Waals surface area contributed by atoms with Crippen molar-refractivity contribution >= 4 is 28.6 Å². The number of carbonyl (C=O) groups is 1. The summed E-state index contributed by atoms with van der Waals surface area (Å²) in [7, 11) is 0. The van der Waals surface area contributed by atoms with Gasteiger partial charge >= 0.3 is 6.03 Å². The number of aryl methyl sites for hydroxylation is 1. The number of ether oxygens (including phenoxy) is 1. The lowest BCUT2D eigenvalue weighted by Gasteiger charge is -2.26. The van der Waals surface area contributed by atoms with Gasteiger partial charge in [-0.25, -0.2) is 23.5 Å². The molecule has 1 saturated heterocycles. The van der Waals surface area contributed by atoms with Gasteiger partial charge in [-0.2, -0.15) is 0 Å². The van der Waals surface area contributed by atoms with E-state index < -0.39 is 23.7 Å². The highest BCUT2D eigenvalue weighted by Crippen LogP contribution is 2.34. The minimum atomic E-state index is -0.779. The SMILES string of the molecule is Cc1c([C@H](NC(=O)Nc2cnc(N3CCOCC3)nc2)C(C)C)oc2c(F)cc(F)cc12.[HH].[HH]. The Kier molecular flexibility index (Phi) is 6.22. The highest BCUT2D eigenvalue weighted by Gasteiger charge is 2.27. The topological polar surface area (TPSA) is 92.5 Å². The number of hydrogen-bond acceptors (Lipinski definition) is 6. The quantitative estimate of drug-likeness (QED) is 0.589. The van der Waals surface area contributed by atoms with Crippen LogP contribution in [0.3, 0.4) is 0 Å². The molecule has 3 heterocycles. The number of furan rings is 1. The van der Waals surface area contributed by atoms with Gasteiger partial charge in [0.05, 0.1) is 37.3 Å². The van der Waals surface area contributed by atoms with Crippen molar-refractivity contribution in [1.29, 1.82) is 0 Å². The second kappa shape index (κ2) is 9.07. The van der Waals surface area contributed by atoms with E-state index >= 15 is 0 Å². The van der Waals surface area contributed by atoms with Crippen LogP contribution in [-0.2, 0) is 4.74 Å². The number of halogens is 2. The first kappa shape index (κ1) is 21.9. The molecule has 0 bridgehead atoms. The largest absolute Gasteiger partial charge is 0.455 e. The molecule has 1 aliphatic rings. The minimum absolute atomic E-state index is 0. The van der Waals surface area contributed by atoms with Crippen LogP contribution in [0.2, 0.25) is 0 Å². The fraction of sp³-hybridized carbons (Fsp3) is 0.409. The van der Waals surface area contributed by atoms with E-state index in [9.17, 15) is 13.6 Å². The molecule has 0 aliphatic carbocycles. The van der Waals surface area contributed by atoms with E-state index in [1.165, 1.54) is 18.5 Å². The van der Waals surface area contributed by atoms with Crippen molar-refractivity contribution in [2.75, 3.05) is 36.5 Å². The van der Waals surface area contributed by atoms with E-state index in [1.54, 1.807) is 6.92 Å². The number of carbonyl (C=O) groups excluding carboxylic acids is 1. The Morgan fingerprint density at radius 2 is 1.88 bits per heavy atom. The van der Waals surface area contributed by atoms with Crippen LogP contribution in [0.1, 0.15) is 34.1 Å². The number of benzene rings is 1. The van der Waals surface area contributed by atoms with Crippen LogP contribution in [0, 0.1) is 24.5 Å². The van der Waals surface area contributed by atoms with E-state index in [4.69, 9.17) is 9.15 Å². The average molecular weight is 450 g/mol. The highest BCUT2D eigenvalue weighted by molar-refractivity contribution is 5.89. The number of fused-ring (bicyclic) bond motifs is 1. The summed E-state index contributed by atoms with van der Waals surface area (Å²) in [6.07, 6.45) is 3.07. The number of nitrogens with zero attached hydrogens (tertiary/aromatic N) is 3. The zero-order valence-electron chi connectivity index (χ0n) is 18.1. The lowest BCUT2D eigenvalue weighted by Crippen LogP contribution is -2.37. The first-order valence-electron chi connectivity index (χ1n) is 10.4. The van der Waals surface area contributed by atoms with Crippen LogP contribution in [-0.4, -0.2) is 42.3 Å². The Labute approximate surface area is 186 Å². The Hall–Kier alpha value is -3.27. The van der Waals surface area contributed by atoms with E-state index in [0.29, 0.717) is 54.6 Å². The van der Waals surface area contributed by atoms with Crippen LogP contribution < -0.4 is 15.5 Å². The normalized spacial score (nSPS) is 15.2. The maximum Gasteiger partial charge on any atom is 0.319 e. The summed E-state index contributed by atoms with van der Waals surface area (Å²) in [6, 6.07) is 0.961.